The monoisotopic (exact) mass is 260 g/mol. The Kier molecular flexibility index (Phi) is 3.82. The zero-order chi connectivity index (χ0) is 13.8. The molecule has 6 heteroatoms. The van der Waals surface area contributed by atoms with E-state index in [1.165, 1.54) is 19.4 Å². The summed E-state index contributed by atoms with van der Waals surface area (Å²) in [6.07, 6.45) is 3.18. The molecule has 1 aromatic carbocycles. The van der Waals surface area contributed by atoms with Crippen LogP contribution in [-0.2, 0) is 16.0 Å². The molecule has 0 aliphatic heterocycles. The van der Waals surface area contributed by atoms with E-state index in [0.29, 0.717) is 10.8 Å². The molecule has 6 nitrogen and oxygen atoms in total. The van der Waals surface area contributed by atoms with Gasteiger partial charge in [0.15, 0.2) is 5.78 Å². The van der Waals surface area contributed by atoms with E-state index >= 15 is 0 Å². The number of methoxy groups -OCH3 is 1. The van der Waals surface area contributed by atoms with E-state index in [4.69, 9.17) is 4.74 Å². The number of Topliss-reactive ketones (excluding diaryl/α,β-unsaturated/α-hetero) is 1. The lowest BCUT2D eigenvalue weighted by Crippen LogP contribution is -2.10. The fourth-order valence-corrected chi connectivity index (χ4v) is 1.98. The molecule has 0 amide bonds. The number of ketones is 1. The molecule has 0 bridgehead atoms. The van der Waals surface area contributed by atoms with Crippen LogP contribution in [0.2, 0.25) is 0 Å². The number of rotatable bonds is 5. The van der Waals surface area contributed by atoms with Crippen LogP contribution in [0.3, 0.4) is 0 Å². The number of aromatic nitrogens is 1. The second-order valence-electron chi connectivity index (χ2n) is 4.07. The standard InChI is InChI=1S/C13H12N2O4/c1-19-8-10(16)6-9-2-3-13(15(17)18)12-7-14-5-4-11(9)12/h2-5,7H,6,8H2,1H3. The number of hydrogen-bond acceptors (Lipinski definition) is 5. The first kappa shape index (κ1) is 13.1. The first-order valence-electron chi connectivity index (χ1n) is 5.64. The molecule has 1 heterocycles. The second kappa shape index (κ2) is 5.53. The van der Waals surface area contributed by atoms with Crippen LogP contribution in [0, 0.1) is 10.1 Å². The number of non-ortho nitro benzene ring substituents is 1. The van der Waals surface area contributed by atoms with Gasteiger partial charge in [0, 0.05) is 32.0 Å². The molecule has 2 aromatic rings. The largest absolute Gasteiger partial charge is 0.377 e. The van der Waals surface area contributed by atoms with Gasteiger partial charge in [-0.15, -0.1) is 0 Å². The molecule has 0 unspecified atom stereocenters. The number of nitrogens with zero attached hydrogens (tertiary/aromatic N) is 2. The highest BCUT2D eigenvalue weighted by Crippen LogP contribution is 2.27. The zero-order valence-corrected chi connectivity index (χ0v) is 10.3. The fourth-order valence-electron chi connectivity index (χ4n) is 1.98. The van der Waals surface area contributed by atoms with Crippen molar-refractivity contribution in [3.05, 3.63) is 46.3 Å². The van der Waals surface area contributed by atoms with E-state index in [0.717, 1.165) is 5.56 Å². The van der Waals surface area contributed by atoms with Crippen LogP contribution >= 0.6 is 0 Å². The Morgan fingerprint density at radius 2 is 2.16 bits per heavy atom. The van der Waals surface area contributed by atoms with Crippen molar-refractivity contribution in [2.75, 3.05) is 13.7 Å². The van der Waals surface area contributed by atoms with Gasteiger partial charge in [0.05, 0.1) is 10.3 Å². The Balaban J connectivity index is 2.49. The normalized spacial score (nSPS) is 10.6. The van der Waals surface area contributed by atoms with Gasteiger partial charge in [-0.25, -0.2) is 0 Å². The molecule has 19 heavy (non-hydrogen) atoms. The van der Waals surface area contributed by atoms with E-state index in [9.17, 15) is 14.9 Å². The fraction of sp³-hybridized carbons (Fsp3) is 0.231. The second-order valence-corrected chi connectivity index (χ2v) is 4.07. The van der Waals surface area contributed by atoms with Crippen LogP contribution in [0.1, 0.15) is 5.56 Å². The predicted octanol–water partition coefficient (Wildman–Crippen LogP) is 1.90. The Morgan fingerprint density at radius 3 is 2.84 bits per heavy atom. The van der Waals surface area contributed by atoms with Crippen molar-refractivity contribution in [3.63, 3.8) is 0 Å². The van der Waals surface area contributed by atoms with Gasteiger partial charge in [0.2, 0.25) is 0 Å². The van der Waals surface area contributed by atoms with Gasteiger partial charge in [-0.2, -0.15) is 0 Å². The summed E-state index contributed by atoms with van der Waals surface area (Å²) in [5.74, 6) is -0.0746. The number of hydrogen-bond donors (Lipinski definition) is 0. The summed E-state index contributed by atoms with van der Waals surface area (Å²) >= 11 is 0. The third-order valence-corrected chi connectivity index (χ3v) is 2.78. The maximum absolute atomic E-state index is 11.6. The van der Waals surface area contributed by atoms with Crippen molar-refractivity contribution < 1.29 is 14.5 Å². The molecule has 0 N–H and O–H groups in total. The number of carbonyl (C=O) groups is 1. The van der Waals surface area contributed by atoms with Gasteiger partial charge < -0.3 is 4.74 Å². The lowest BCUT2D eigenvalue weighted by Gasteiger charge is -2.06. The molecular formula is C13H12N2O4. The minimum absolute atomic E-state index is 0.00830. The molecule has 2 rings (SSSR count). The minimum Gasteiger partial charge on any atom is -0.377 e. The number of pyridine rings is 1. The molecule has 0 aliphatic rings. The molecule has 0 radical (unpaired) electrons. The van der Waals surface area contributed by atoms with E-state index in [1.54, 1.807) is 18.3 Å². The van der Waals surface area contributed by atoms with E-state index in [-0.39, 0.29) is 24.5 Å². The first-order valence-corrected chi connectivity index (χ1v) is 5.64. The van der Waals surface area contributed by atoms with E-state index in [1.807, 2.05) is 0 Å². The number of ether oxygens (including phenoxy) is 1. The Morgan fingerprint density at radius 1 is 1.37 bits per heavy atom. The average Bonchev–Trinajstić information content (AvgIpc) is 2.39. The summed E-state index contributed by atoms with van der Waals surface area (Å²) in [5, 5.41) is 12.1. The maximum atomic E-state index is 11.6. The van der Waals surface area contributed by atoms with Gasteiger partial charge >= 0.3 is 0 Å². The quantitative estimate of drug-likeness (QED) is 0.605. The van der Waals surface area contributed by atoms with Crippen LogP contribution in [-0.4, -0.2) is 29.4 Å². The SMILES string of the molecule is COCC(=O)Cc1ccc([N+](=O)[O-])c2cnccc12. The van der Waals surface area contributed by atoms with Gasteiger partial charge in [-0.3, -0.25) is 19.9 Å². The summed E-state index contributed by atoms with van der Waals surface area (Å²) in [6, 6.07) is 4.69. The summed E-state index contributed by atoms with van der Waals surface area (Å²) in [7, 11) is 1.45. The topological polar surface area (TPSA) is 82.3 Å². The van der Waals surface area contributed by atoms with Crippen molar-refractivity contribution in [1.29, 1.82) is 0 Å². The Bertz CT molecular complexity index is 640. The number of fused-ring (bicyclic) bond motifs is 1. The van der Waals surface area contributed by atoms with E-state index in [2.05, 4.69) is 4.98 Å². The van der Waals surface area contributed by atoms with E-state index < -0.39 is 4.92 Å². The average molecular weight is 260 g/mol. The molecule has 0 atom stereocenters. The summed E-state index contributed by atoms with van der Waals surface area (Å²) in [4.78, 5) is 26.0. The maximum Gasteiger partial charge on any atom is 0.278 e. The molecule has 0 spiro atoms. The van der Waals surface area contributed by atoms with Gasteiger partial charge in [0.25, 0.3) is 5.69 Å². The molecule has 0 aliphatic carbocycles. The Labute approximate surface area is 109 Å². The summed E-state index contributed by atoms with van der Waals surface area (Å²) in [5.41, 5.74) is 0.732. The van der Waals surface area contributed by atoms with Crippen molar-refractivity contribution in [2.45, 2.75) is 6.42 Å². The highest BCUT2D eigenvalue weighted by Gasteiger charge is 2.15. The number of benzene rings is 1. The summed E-state index contributed by atoms with van der Waals surface area (Å²) in [6.45, 7) is 0.0313. The van der Waals surface area contributed by atoms with Crippen molar-refractivity contribution in [3.8, 4) is 0 Å². The lowest BCUT2D eigenvalue weighted by atomic mass is 10.0. The molecule has 98 valence electrons. The number of nitro groups is 1. The molecule has 0 saturated heterocycles. The number of nitro benzene ring substituents is 1. The van der Waals surface area contributed by atoms with Crippen LogP contribution < -0.4 is 0 Å². The van der Waals surface area contributed by atoms with Crippen LogP contribution in [0.5, 0.6) is 0 Å². The number of carbonyl (C=O) groups excluding carboxylic acids is 1. The molecule has 1 aromatic heterocycles. The van der Waals surface area contributed by atoms with Crippen LogP contribution in [0.25, 0.3) is 10.8 Å². The van der Waals surface area contributed by atoms with Crippen LogP contribution in [0.4, 0.5) is 5.69 Å². The van der Waals surface area contributed by atoms with Gasteiger partial charge in [-0.05, 0) is 17.0 Å². The minimum atomic E-state index is -0.454. The highest BCUT2D eigenvalue weighted by molar-refractivity contribution is 5.95. The lowest BCUT2D eigenvalue weighted by molar-refractivity contribution is -0.383. The first-order chi connectivity index (χ1) is 9.13. The molecule has 0 fully saturated rings. The van der Waals surface area contributed by atoms with Gasteiger partial charge in [0.1, 0.15) is 6.61 Å². The smallest absolute Gasteiger partial charge is 0.278 e. The third-order valence-electron chi connectivity index (χ3n) is 2.78. The molecular weight excluding hydrogens is 248 g/mol. The van der Waals surface area contributed by atoms with Crippen LogP contribution in [0.15, 0.2) is 30.6 Å². The highest BCUT2D eigenvalue weighted by atomic mass is 16.6. The predicted molar refractivity (Wildman–Crippen MR) is 69.0 cm³/mol. The van der Waals surface area contributed by atoms with Crippen molar-refractivity contribution >= 4 is 22.2 Å². The third kappa shape index (κ3) is 2.74. The van der Waals surface area contributed by atoms with Gasteiger partial charge in [-0.1, -0.05) is 6.07 Å². The zero-order valence-electron chi connectivity index (χ0n) is 10.3. The van der Waals surface area contributed by atoms with Crippen molar-refractivity contribution in [1.82, 2.24) is 4.98 Å². The summed E-state index contributed by atoms with van der Waals surface area (Å²) < 4.78 is 4.78. The van der Waals surface area contributed by atoms with Crippen molar-refractivity contribution in [2.24, 2.45) is 0 Å². The molecule has 0 saturated carbocycles. The Hall–Kier alpha value is -2.34.